The molecule has 4 rings (SSSR count). The summed E-state index contributed by atoms with van der Waals surface area (Å²) in [6.45, 7) is 2.08. The summed E-state index contributed by atoms with van der Waals surface area (Å²) in [6.07, 6.45) is 0. The molecule has 0 aliphatic carbocycles. The highest BCUT2D eigenvalue weighted by Gasteiger charge is 2.17. The van der Waals surface area contributed by atoms with Crippen LogP contribution in [0.1, 0.15) is 11.5 Å². The van der Waals surface area contributed by atoms with Crippen molar-refractivity contribution in [1.82, 2.24) is 19.9 Å². The lowest BCUT2D eigenvalue weighted by atomic mass is 10.1. The van der Waals surface area contributed by atoms with Gasteiger partial charge in [-0.15, -0.1) is 0 Å². The second kappa shape index (κ2) is 6.72. The molecule has 2 aromatic carbocycles. The first-order valence-electron chi connectivity index (χ1n) is 7.82. The quantitative estimate of drug-likeness (QED) is 0.508. The summed E-state index contributed by atoms with van der Waals surface area (Å²) in [5.41, 5.74) is 2.74. The van der Waals surface area contributed by atoms with Gasteiger partial charge in [0.05, 0.1) is 0 Å². The maximum Gasteiger partial charge on any atom is 0.442 e. The molecule has 0 bridgehead atoms. The zero-order chi connectivity index (χ0) is 18.1. The van der Waals surface area contributed by atoms with Crippen LogP contribution in [0.5, 0.6) is 0 Å². The largest absolute Gasteiger partial charge is 0.442 e. The number of halogens is 1. The Morgan fingerprint density at radius 2 is 1.65 bits per heavy atom. The summed E-state index contributed by atoms with van der Waals surface area (Å²) in [4.78, 5) is 16.4. The fourth-order valence-electron chi connectivity index (χ4n) is 2.49. The Balaban J connectivity index is 1.64. The number of hydrogen-bond acceptors (Lipinski definition) is 6. The van der Waals surface area contributed by atoms with Crippen molar-refractivity contribution in [3.8, 4) is 22.8 Å². The summed E-state index contributed by atoms with van der Waals surface area (Å²) in [7, 11) is 0. The fraction of sp³-hybridized carbons (Fsp3) is 0.111. The molecule has 0 aliphatic rings. The smallest absolute Gasteiger partial charge is 0.337 e. The van der Waals surface area contributed by atoms with E-state index < -0.39 is 5.76 Å². The molecule has 0 unspecified atom stereocenters. The van der Waals surface area contributed by atoms with E-state index in [-0.39, 0.29) is 6.54 Å². The number of hydrogen-bond donors (Lipinski definition) is 0. The molecule has 0 amide bonds. The van der Waals surface area contributed by atoms with Gasteiger partial charge < -0.3 is 4.52 Å². The third-order valence-corrected chi connectivity index (χ3v) is 4.39. The van der Waals surface area contributed by atoms with Crippen LogP contribution in [0.3, 0.4) is 0 Å². The van der Waals surface area contributed by atoms with Crippen LogP contribution in [-0.2, 0) is 6.54 Å². The molecule has 4 aromatic rings. The predicted octanol–water partition coefficient (Wildman–Crippen LogP) is 3.67. The number of rotatable bonds is 4. The number of benzene rings is 2. The molecule has 0 N–H and O–H groups in total. The Kier molecular flexibility index (Phi) is 4.26. The van der Waals surface area contributed by atoms with E-state index in [1.54, 1.807) is 0 Å². The predicted molar refractivity (Wildman–Crippen MR) is 97.5 cm³/mol. The SMILES string of the molecule is Cc1ccc(-c2noc(Cn3c(-c4ccc(Br)cc4)noc3=O)n2)cc1. The maximum atomic E-state index is 12.0. The van der Waals surface area contributed by atoms with Gasteiger partial charge in [-0.1, -0.05) is 68.2 Å². The summed E-state index contributed by atoms with van der Waals surface area (Å²) < 4.78 is 12.4. The van der Waals surface area contributed by atoms with Crippen molar-refractivity contribution >= 4 is 15.9 Å². The number of nitrogens with zero attached hydrogens (tertiary/aromatic N) is 4. The molecular formula is C18H13BrN4O3. The van der Waals surface area contributed by atoms with Crippen molar-refractivity contribution in [3.05, 3.63) is 75.0 Å². The van der Waals surface area contributed by atoms with Crippen LogP contribution in [0, 0.1) is 6.92 Å². The highest BCUT2D eigenvalue weighted by Crippen LogP contribution is 2.21. The molecule has 0 radical (unpaired) electrons. The zero-order valence-corrected chi connectivity index (χ0v) is 15.3. The van der Waals surface area contributed by atoms with E-state index in [4.69, 9.17) is 9.05 Å². The van der Waals surface area contributed by atoms with Gasteiger partial charge >= 0.3 is 5.76 Å². The van der Waals surface area contributed by atoms with Gasteiger partial charge in [0, 0.05) is 15.6 Å². The highest BCUT2D eigenvalue weighted by molar-refractivity contribution is 9.10. The van der Waals surface area contributed by atoms with Crippen molar-refractivity contribution in [1.29, 1.82) is 0 Å². The molecule has 26 heavy (non-hydrogen) atoms. The summed E-state index contributed by atoms with van der Waals surface area (Å²) >= 11 is 3.38. The monoisotopic (exact) mass is 412 g/mol. The Morgan fingerprint density at radius 1 is 0.962 bits per heavy atom. The summed E-state index contributed by atoms with van der Waals surface area (Å²) in [6, 6.07) is 15.2. The van der Waals surface area contributed by atoms with Crippen LogP contribution in [0.25, 0.3) is 22.8 Å². The zero-order valence-electron chi connectivity index (χ0n) is 13.7. The van der Waals surface area contributed by atoms with Gasteiger partial charge in [0.2, 0.25) is 11.7 Å². The van der Waals surface area contributed by atoms with Gasteiger partial charge in [0.25, 0.3) is 0 Å². The van der Waals surface area contributed by atoms with Gasteiger partial charge in [-0.25, -0.2) is 9.36 Å². The number of aromatic nitrogens is 4. The second-order valence-corrected chi connectivity index (χ2v) is 6.66. The first kappa shape index (κ1) is 16.5. The minimum Gasteiger partial charge on any atom is -0.337 e. The molecule has 0 atom stereocenters. The first-order chi connectivity index (χ1) is 12.6. The first-order valence-corrected chi connectivity index (χ1v) is 8.61. The van der Waals surface area contributed by atoms with E-state index >= 15 is 0 Å². The Morgan fingerprint density at radius 3 is 2.38 bits per heavy atom. The molecular weight excluding hydrogens is 400 g/mol. The topological polar surface area (TPSA) is 87.0 Å². The summed E-state index contributed by atoms with van der Waals surface area (Å²) in [5, 5.41) is 7.84. The molecule has 7 nitrogen and oxygen atoms in total. The normalized spacial score (nSPS) is 11.0. The molecule has 0 saturated carbocycles. The van der Waals surface area contributed by atoms with Gasteiger partial charge in [0.15, 0.2) is 5.82 Å². The van der Waals surface area contributed by atoms with Crippen LogP contribution in [0.2, 0.25) is 0 Å². The Bertz CT molecular complexity index is 1090. The molecule has 2 heterocycles. The van der Waals surface area contributed by atoms with E-state index in [1.165, 1.54) is 4.57 Å². The minimum atomic E-state index is -0.585. The maximum absolute atomic E-state index is 12.0. The highest BCUT2D eigenvalue weighted by atomic mass is 79.9. The third-order valence-electron chi connectivity index (χ3n) is 3.86. The van der Waals surface area contributed by atoms with Crippen molar-refractivity contribution in [2.75, 3.05) is 0 Å². The van der Waals surface area contributed by atoms with E-state index in [9.17, 15) is 4.79 Å². The lowest BCUT2D eigenvalue weighted by Gasteiger charge is -2.01. The molecule has 0 spiro atoms. The molecule has 0 fully saturated rings. The van der Waals surface area contributed by atoms with Gasteiger partial charge in [-0.3, -0.25) is 4.52 Å². The van der Waals surface area contributed by atoms with Crippen LogP contribution in [-0.4, -0.2) is 19.9 Å². The number of aryl methyl sites for hydroxylation is 1. The Hall–Kier alpha value is -3.00. The average molecular weight is 413 g/mol. The molecule has 8 heteroatoms. The second-order valence-electron chi connectivity index (χ2n) is 5.74. The average Bonchev–Trinajstić information content (AvgIpc) is 3.25. The minimum absolute atomic E-state index is 0.0760. The van der Waals surface area contributed by atoms with Gasteiger partial charge in [-0.05, 0) is 19.1 Å². The van der Waals surface area contributed by atoms with Crippen LogP contribution in [0.15, 0.2) is 66.8 Å². The molecule has 0 aliphatic heterocycles. The van der Waals surface area contributed by atoms with Crippen molar-refractivity contribution in [3.63, 3.8) is 0 Å². The van der Waals surface area contributed by atoms with Gasteiger partial charge in [0.1, 0.15) is 6.54 Å². The van der Waals surface area contributed by atoms with E-state index in [0.717, 1.165) is 21.2 Å². The lowest BCUT2D eigenvalue weighted by Crippen LogP contribution is -2.16. The van der Waals surface area contributed by atoms with E-state index in [0.29, 0.717) is 17.5 Å². The summed E-state index contributed by atoms with van der Waals surface area (Å²) in [5.74, 6) is 0.578. The van der Waals surface area contributed by atoms with Crippen molar-refractivity contribution in [2.45, 2.75) is 13.5 Å². The molecule has 0 saturated heterocycles. The van der Waals surface area contributed by atoms with Crippen LogP contribution >= 0.6 is 15.9 Å². The van der Waals surface area contributed by atoms with Gasteiger partial charge in [-0.2, -0.15) is 4.98 Å². The van der Waals surface area contributed by atoms with Crippen LogP contribution in [0.4, 0.5) is 0 Å². The van der Waals surface area contributed by atoms with E-state index in [1.807, 2.05) is 55.5 Å². The van der Waals surface area contributed by atoms with Crippen molar-refractivity contribution in [2.24, 2.45) is 0 Å². The standard InChI is InChI=1S/C18H13BrN4O3/c1-11-2-4-12(5-3-11)16-20-15(25-21-16)10-23-17(22-26-18(23)24)13-6-8-14(19)9-7-13/h2-9H,10H2,1H3. The fourth-order valence-corrected chi connectivity index (χ4v) is 2.75. The van der Waals surface area contributed by atoms with Crippen LogP contribution < -0.4 is 5.76 Å². The van der Waals surface area contributed by atoms with Crippen molar-refractivity contribution < 1.29 is 9.05 Å². The van der Waals surface area contributed by atoms with E-state index in [2.05, 4.69) is 31.2 Å². The lowest BCUT2D eigenvalue weighted by molar-refractivity contribution is 0.354. The molecule has 130 valence electrons. The molecule has 2 aromatic heterocycles. The Labute approximate surface area is 156 Å². The third kappa shape index (κ3) is 3.23.